The number of para-hydroxylation sites is 1. The molecular formula is C17H13F3N4O5. The van der Waals surface area contributed by atoms with E-state index in [4.69, 9.17) is 0 Å². The van der Waals surface area contributed by atoms with Gasteiger partial charge in [-0.25, -0.2) is 4.79 Å². The number of rotatable bonds is 4. The summed E-state index contributed by atoms with van der Waals surface area (Å²) in [6.07, 6.45) is -3.19. The van der Waals surface area contributed by atoms with Crippen LogP contribution in [0.5, 0.6) is 0 Å². The van der Waals surface area contributed by atoms with Crippen LogP contribution in [0.3, 0.4) is 0 Å². The van der Waals surface area contributed by atoms with Gasteiger partial charge in [0.25, 0.3) is 5.69 Å². The second-order valence-electron chi connectivity index (χ2n) is 6.24. The fourth-order valence-electron chi connectivity index (χ4n) is 3.20. The number of nitrogens with one attached hydrogen (secondary N) is 2. The predicted octanol–water partition coefficient (Wildman–Crippen LogP) is 2.09. The van der Waals surface area contributed by atoms with Crippen molar-refractivity contribution in [3.8, 4) is 0 Å². The van der Waals surface area contributed by atoms with Crippen molar-refractivity contribution in [2.75, 3.05) is 0 Å². The minimum Gasteiger partial charge on any atom is -0.363 e. The summed E-state index contributed by atoms with van der Waals surface area (Å²) >= 11 is 0. The van der Waals surface area contributed by atoms with Crippen LogP contribution in [-0.4, -0.2) is 38.7 Å². The Kier molecular flexibility index (Phi) is 4.96. The van der Waals surface area contributed by atoms with Gasteiger partial charge in [0.05, 0.1) is 16.5 Å². The van der Waals surface area contributed by atoms with Crippen LogP contribution >= 0.6 is 0 Å². The molecule has 1 fully saturated rings. The van der Waals surface area contributed by atoms with Crippen LogP contribution < -0.4 is 10.6 Å². The number of hydrogen-bond donors (Lipinski definition) is 3. The standard InChI is InChI=1S/C17H13F3N4O5/c18-17(19,20)16(27)12(14(25)9-4-3-7-21-8-9)13(22-15(26)23-16)10-5-1-2-6-11(10)24(28)29/h1-8,12-13,27H,(H2,22,23,26)/t12-,13+,16+/m0/s1. The van der Waals surface area contributed by atoms with Crippen molar-refractivity contribution in [3.05, 3.63) is 70.0 Å². The Hall–Kier alpha value is -3.54. The van der Waals surface area contributed by atoms with Gasteiger partial charge >= 0.3 is 12.2 Å². The van der Waals surface area contributed by atoms with E-state index in [-0.39, 0.29) is 11.1 Å². The fourth-order valence-corrected chi connectivity index (χ4v) is 3.20. The number of benzene rings is 1. The highest BCUT2D eigenvalue weighted by Crippen LogP contribution is 2.45. The normalized spacial score (nSPS) is 24.3. The van der Waals surface area contributed by atoms with E-state index >= 15 is 0 Å². The molecule has 2 heterocycles. The predicted molar refractivity (Wildman–Crippen MR) is 90.6 cm³/mol. The fraction of sp³-hybridized carbons (Fsp3) is 0.235. The van der Waals surface area contributed by atoms with Crippen LogP contribution in [0.25, 0.3) is 0 Å². The number of carbonyl (C=O) groups is 2. The van der Waals surface area contributed by atoms with Crippen molar-refractivity contribution < 1.29 is 32.8 Å². The maximum Gasteiger partial charge on any atom is 0.437 e. The van der Waals surface area contributed by atoms with Crippen molar-refractivity contribution in [2.45, 2.75) is 17.9 Å². The Labute approximate surface area is 160 Å². The molecule has 0 aliphatic carbocycles. The Morgan fingerprint density at radius 1 is 1.24 bits per heavy atom. The van der Waals surface area contributed by atoms with E-state index in [2.05, 4.69) is 10.3 Å². The molecule has 9 nitrogen and oxygen atoms in total. The van der Waals surface area contributed by atoms with Crippen LogP contribution in [0.1, 0.15) is 22.0 Å². The van der Waals surface area contributed by atoms with Crippen molar-refractivity contribution in [1.29, 1.82) is 0 Å². The van der Waals surface area contributed by atoms with Gasteiger partial charge in [-0.2, -0.15) is 13.2 Å². The first-order chi connectivity index (χ1) is 13.6. The molecule has 29 heavy (non-hydrogen) atoms. The number of urea groups is 1. The first-order valence-corrected chi connectivity index (χ1v) is 8.11. The quantitative estimate of drug-likeness (QED) is 0.401. The second-order valence-corrected chi connectivity index (χ2v) is 6.24. The Bertz CT molecular complexity index is 969. The van der Waals surface area contributed by atoms with Crippen LogP contribution in [0, 0.1) is 16.0 Å². The molecule has 12 heteroatoms. The number of halogens is 3. The van der Waals surface area contributed by atoms with Gasteiger partial charge in [0.15, 0.2) is 5.78 Å². The van der Waals surface area contributed by atoms with Gasteiger partial charge in [-0.1, -0.05) is 18.2 Å². The number of aromatic nitrogens is 1. The van der Waals surface area contributed by atoms with Gasteiger partial charge in [-0.3, -0.25) is 19.9 Å². The molecule has 1 saturated heterocycles. The molecule has 1 aliphatic heterocycles. The van der Waals surface area contributed by atoms with Gasteiger partial charge < -0.3 is 15.7 Å². The molecule has 2 amide bonds. The van der Waals surface area contributed by atoms with E-state index in [1.165, 1.54) is 35.8 Å². The molecule has 2 aromatic rings. The van der Waals surface area contributed by atoms with Crippen molar-refractivity contribution in [3.63, 3.8) is 0 Å². The summed E-state index contributed by atoms with van der Waals surface area (Å²) < 4.78 is 41.3. The summed E-state index contributed by atoms with van der Waals surface area (Å²) in [7, 11) is 0. The van der Waals surface area contributed by atoms with Crippen molar-refractivity contribution in [2.24, 2.45) is 5.92 Å². The number of alkyl halides is 3. The zero-order valence-electron chi connectivity index (χ0n) is 14.4. The number of carbonyl (C=O) groups excluding carboxylic acids is 2. The van der Waals surface area contributed by atoms with Gasteiger partial charge in [-0.05, 0) is 12.1 Å². The molecule has 1 aliphatic rings. The number of nitro groups is 1. The van der Waals surface area contributed by atoms with Crippen molar-refractivity contribution in [1.82, 2.24) is 15.6 Å². The number of amides is 2. The highest BCUT2D eigenvalue weighted by molar-refractivity contribution is 6.00. The lowest BCUT2D eigenvalue weighted by Gasteiger charge is -2.44. The molecule has 0 bridgehead atoms. The Morgan fingerprint density at radius 3 is 2.52 bits per heavy atom. The summed E-state index contributed by atoms with van der Waals surface area (Å²) in [5.74, 6) is -3.58. The zero-order valence-corrected chi connectivity index (χ0v) is 14.4. The highest BCUT2D eigenvalue weighted by atomic mass is 19.4. The first kappa shape index (κ1) is 20.2. The minimum absolute atomic E-state index is 0.276. The van der Waals surface area contributed by atoms with E-state index in [0.717, 1.165) is 18.3 Å². The third kappa shape index (κ3) is 3.49. The molecule has 3 atom stereocenters. The Balaban J connectivity index is 2.23. The average Bonchev–Trinajstić information content (AvgIpc) is 2.66. The summed E-state index contributed by atoms with van der Waals surface area (Å²) in [6, 6.07) is 3.89. The monoisotopic (exact) mass is 410 g/mol. The average molecular weight is 410 g/mol. The first-order valence-electron chi connectivity index (χ1n) is 8.11. The molecule has 0 spiro atoms. The van der Waals surface area contributed by atoms with Crippen LogP contribution in [0.4, 0.5) is 23.7 Å². The molecule has 3 rings (SSSR count). The van der Waals surface area contributed by atoms with Gasteiger partial charge in [0, 0.05) is 24.0 Å². The van der Waals surface area contributed by atoms with Crippen LogP contribution in [0.15, 0.2) is 48.8 Å². The number of Topliss-reactive ketones (excluding diaryl/α,β-unsaturated/α-hetero) is 1. The summed E-state index contributed by atoms with van der Waals surface area (Å²) in [6.45, 7) is 0. The summed E-state index contributed by atoms with van der Waals surface area (Å²) in [5.41, 5.74) is -5.23. The van der Waals surface area contributed by atoms with E-state index in [0.29, 0.717) is 0 Å². The lowest BCUT2D eigenvalue weighted by atomic mass is 9.77. The third-order valence-electron chi connectivity index (χ3n) is 4.50. The molecular weight excluding hydrogens is 397 g/mol. The van der Waals surface area contributed by atoms with Gasteiger partial charge in [0.1, 0.15) is 5.92 Å². The summed E-state index contributed by atoms with van der Waals surface area (Å²) in [5, 5.41) is 25.2. The van der Waals surface area contributed by atoms with E-state index < -0.39 is 46.3 Å². The maximum atomic E-state index is 13.8. The minimum atomic E-state index is -5.46. The lowest BCUT2D eigenvalue weighted by molar-refractivity contribution is -0.386. The smallest absolute Gasteiger partial charge is 0.363 e. The molecule has 1 aromatic heterocycles. The van der Waals surface area contributed by atoms with Crippen LogP contribution in [0.2, 0.25) is 0 Å². The number of pyridine rings is 1. The zero-order chi connectivity index (χ0) is 21.4. The van der Waals surface area contributed by atoms with Crippen LogP contribution in [-0.2, 0) is 0 Å². The lowest BCUT2D eigenvalue weighted by Crippen LogP contribution is -2.72. The maximum absolute atomic E-state index is 13.8. The molecule has 3 N–H and O–H groups in total. The van der Waals surface area contributed by atoms with Crippen molar-refractivity contribution >= 4 is 17.5 Å². The van der Waals surface area contributed by atoms with E-state index in [1.807, 2.05) is 0 Å². The molecule has 0 saturated carbocycles. The highest BCUT2D eigenvalue weighted by Gasteiger charge is 2.66. The number of ketones is 1. The number of nitro benzene ring substituents is 1. The third-order valence-corrected chi connectivity index (χ3v) is 4.50. The molecule has 152 valence electrons. The molecule has 0 unspecified atom stereocenters. The van der Waals surface area contributed by atoms with Gasteiger partial charge in [0.2, 0.25) is 5.72 Å². The number of aliphatic hydroxyl groups is 1. The molecule has 1 aromatic carbocycles. The van der Waals surface area contributed by atoms with E-state index in [9.17, 15) is 38.0 Å². The molecule has 0 radical (unpaired) electrons. The Morgan fingerprint density at radius 2 is 1.93 bits per heavy atom. The van der Waals surface area contributed by atoms with Gasteiger partial charge in [-0.15, -0.1) is 0 Å². The number of hydrogen-bond acceptors (Lipinski definition) is 6. The topological polar surface area (TPSA) is 134 Å². The number of nitrogens with zero attached hydrogens (tertiary/aromatic N) is 2. The SMILES string of the molecule is O=C1N[C@H](c2ccccc2[N+](=O)[O-])[C@@H](C(=O)c2cccnc2)[C@@](O)(C(F)(F)F)N1. The largest absolute Gasteiger partial charge is 0.437 e. The summed E-state index contributed by atoms with van der Waals surface area (Å²) in [4.78, 5) is 39.0. The second kappa shape index (κ2) is 7.13. The van der Waals surface area contributed by atoms with E-state index in [1.54, 1.807) is 0 Å².